The molecule has 7 nitrogen and oxygen atoms in total. The number of guanidine groups is 1. The van der Waals surface area contributed by atoms with E-state index < -0.39 is 0 Å². The molecule has 0 spiro atoms. The van der Waals surface area contributed by atoms with Gasteiger partial charge >= 0.3 is 0 Å². The van der Waals surface area contributed by atoms with E-state index in [1.807, 2.05) is 18.2 Å². The molecule has 2 aromatic rings. The number of nitrogens with one attached hydrogen (secondary N) is 3. The Bertz CT molecular complexity index is 889. The standard InChI is InChI=1S/C24H33N5O2/c1-18(30)28-22-14-21(10-11-23(22)31-3)16-27-24(25-2)26-15-19-6-8-20(9-7-19)17-29-12-4-5-13-29/h6-11,14H,4-5,12-13,15-17H2,1-3H3,(H,28,30)(H2,25,26,27). The van der Waals surface area contributed by atoms with Crippen LogP contribution in [0.5, 0.6) is 5.75 Å². The molecule has 7 heteroatoms. The van der Waals surface area contributed by atoms with Crippen molar-refractivity contribution in [1.82, 2.24) is 15.5 Å². The van der Waals surface area contributed by atoms with Gasteiger partial charge in [-0.15, -0.1) is 0 Å². The maximum atomic E-state index is 11.4. The van der Waals surface area contributed by atoms with Crippen LogP contribution >= 0.6 is 0 Å². The Morgan fingerprint density at radius 3 is 2.23 bits per heavy atom. The third kappa shape index (κ3) is 7.00. The number of likely N-dealkylation sites (tertiary alicyclic amines) is 1. The molecule has 0 aliphatic carbocycles. The highest BCUT2D eigenvalue weighted by molar-refractivity contribution is 5.90. The second kappa shape index (κ2) is 11.4. The monoisotopic (exact) mass is 423 g/mol. The van der Waals surface area contributed by atoms with Gasteiger partial charge in [-0.3, -0.25) is 14.7 Å². The van der Waals surface area contributed by atoms with Crippen molar-refractivity contribution in [3.05, 3.63) is 59.2 Å². The van der Waals surface area contributed by atoms with Crippen molar-refractivity contribution in [3.8, 4) is 5.75 Å². The van der Waals surface area contributed by atoms with Crippen LogP contribution in [0.15, 0.2) is 47.5 Å². The van der Waals surface area contributed by atoms with Crippen molar-refractivity contribution >= 4 is 17.6 Å². The Labute approximate surface area is 184 Å². The number of rotatable bonds is 8. The minimum atomic E-state index is -0.132. The fraction of sp³-hybridized carbons (Fsp3) is 0.417. The van der Waals surface area contributed by atoms with Gasteiger partial charge in [-0.1, -0.05) is 30.3 Å². The molecule has 1 aliphatic rings. The lowest BCUT2D eigenvalue weighted by molar-refractivity contribution is -0.114. The molecule has 0 radical (unpaired) electrons. The first kappa shape index (κ1) is 22.6. The quantitative estimate of drug-likeness (QED) is 0.449. The zero-order valence-corrected chi connectivity index (χ0v) is 18.7. The Morgan fingerprint density at radius 2 is 1.61 bits per heavy atom. The first-order valence-electron chi connectivity index (χ1n) is 10.8. The normalized spacial score (nSPS) is 14.4. The molecule has 3 rings (SSSR count). The largest absolute Gasteiger partial charge is 0.495 e. The van der Waals surface area contributed by atoms with Crippen molar-refractivity contribution in [2.24, 2.45) is 4.99 Å². The van der Waals surface area contributed by atoms with Crippen molar-refractivity contribution in [2.45, 2.75) is 39.4 Å². The third-order valence-electron chi connectivity index (χ3n) is 5.35. The van der Waals surface area contributed by atoms with Gasteiger partial charge in [0.05, 0.1) is 12.8 Å². The summed E-state index contributed by atoms with van der Waals surface area (Å²) < 4.78 is 5.31. The van der Waals surface area contributed by atoms with E-state index in [0.29, 0.717) is 24.5 Å². The molecular formula is C24H33N5O2. The minimum absolute atomic E-state index is 0.132. The van der Waals surface area contributed by atoms with Crippen molar-refractivity contribution in [3.63, 3.8) is 0 Å². The molecule has 1 fully saturated rings. The molecule has 0 atom stereocenters. The molecule has 1 aliphatic heterocycles. The number of nitrogens with zero attached hydrogens (tertiary/aromatic N) is 2. The SMILES string of the molecule is CN=C(NCc1ccc(CN2CCCC2)cc1)NCc1ccc(OC)c(NC(C)=O)c1. The average Bonchev–Trinajstić information content (AvgIpc) is 3.28. The van der Waals surface area contributed by atoms with E-state index in [0.717, 1.165) is 18.1 Å². The van der Waals surface area contributed by atoms with Crippen LogP contribution in [0.3, 0.4) is 0 Å². The van der Waals surface area contributed by atoms with Gasteiger partial charge < -0.3 is 20.7 Å². The molecule has 1 heterocycles. The van der Waals surface area contributed by atoms with Crippen LogP contribution < -0.4 is 20.7 Å². The Kier molecular flexibility index (Phi) is 8.29. The van der Waals surface area contributed by atoms with Crippen molar-refractivity contribution < 1.29 is 9.53 Å². The summed E-state index contributed by atoms with van der Waals surface area (Å²) in [4.78, 5) is 18.2. The van der Waals surface area contributed by atoms with Crippen LogP contribution in [0.2, 0.25) is 0 Å². The molecule has 2 aromatic carbocycles. The summed E-state index contributed by atoms with van der Waals surface area (Å²) in [6.07, 6.45) is 2.64. The first-order valence-corrected chi connectivity index (χ1v) is 10.8. The zero-order chi connectivity index (χ0) is 22.1. The molecule has 0 bridgehead atoms. The van der Waals surface area contributed by atoms with Gasteiger partial charge in [0.1, 0.15) is 5.75 Å². The van der Waals surface area contributed by atoms with Gasteiger partial charge in [0.15, 0.2) is 5.96 Å². The highest BCUT2D eigenvalue weighted by Crippen LogP contribution is 2.25. The van der Waals surface area contributed by atoms with Gasteiger partial charge in [-0.05, 0) is 54.8 Å². The second-order valence-corrected chi connectivity index (χ2v) is 7.79. The average molecular weight is 424 g/mol. The fourth-order valence-electron chi connectivity index (χ4n) is 3.71. The molecule has 0 aromatic heterocycles. The lowest BCUT2D eigenvalue weighted by Gasteiger charge is -2.16. The molecule has 166 valence electrons. The summed E-state index contributed by atoms with van der Waals surface area (Å²) in [5, 5.41) is 9.46. The van der Waals surface area contributed by atoms with Gasteiger partial charge in [-0.2, -0.15) is 0 Å². The molecule has 31 heavy (non-hydrogen) atoms. The number of ether oxygens (including phenoxy) is 1. The van der Waals surface area contributed by atoms with Gasteiger partial charge in [0, 0.05) is 33.6 Å². The van der Waals surface area contributed by atoms with Crippen molar-refractivity contribution in [1.29, 1.82) is 0 Å². The van der Waals surface area contributed by atoms with E-state index in [4.69, 9.17) is 4.74 Å². The number of anilines is 1. The highest BCUT2D eigenvalue weighted by atomic mass is 16.5. The summed E-state index contributed by atoms with van der Waals surface area (Å²) >= 11 is 0. The number of amides is 1. The van der Waals surface area contributed by atoms with Crippen LogP contribution in [0.1, 0.15) is 36.5 Å². The molecule has 0 saturated carbocycles. The summed E-state index contributed by atoms with van der Waals surface area (Å²) in [5.74, 6) is 1.22. The predicted molar refractivity (Wildman–Crippen MR) is 125 cm³/mol. The summed E-state index contributed by atoms with van der Waals surface area (Å²) in [5.41, 5.74) is 4.25. The second-order valence-electron chi connectivity index (χ2n) is 7.79. The van der Waals surface area contributed by atoms with Crippen LogP contribution in [-0.2, 0) is 24.4 Å². The van der Waals surface area contributed by atoms with E-state index in [-0.39, 0.29) is 5.91 Å². The van der Waals surface area contributed by atoms with Gasteiger partial charge in [0.2, 0.25) is 5.91 Å². The molecular weight excluding hydrogens is 390 g/mol. The lowest BCUT2D eigenvalue weighted by atomic mass is 10.1. The molecule has 3 N–H and O–H groups in total. The van der Waals surface area contributed by atoms with Gasteiger partial charge in [-0.25, -0.2) is 0 Å². The highest BCUT2D eigenvalue weighted by Gasteiger charge is 2.11. The number of hydrogen-bond donors (Lipinski definition) is 3. The summed E-state index contributed by atoms with van der Waals surface area (Å²) in [7, 11) is 3.34. The predicted octanol–water partition coefficient (Wildman–Crippen LogP) is 3.11. The Hall–Kier alpha value is -3.06. The molecule has 0 unspecified atom stereocenters. The molecule has 1 saturated heterocycles. The summed E-state index contributed by atoms with van der Waals surface area (Å²) in [6.45, 7) is 6.22. The minimum Gasteiger partial charge on any atom is -0.495 e. The number of methoxy groups -OCH3 is 1. The van der Waals surface area contributed by atoms with E-state index in [2.05, 4.69) is 50.1 Å². The lowest BCUT2D eigenvalue weighted by Crippen LogP contribution is -2.36. The topological polar surface area (TPSA) is 78.0 Å². The van der Waals surface area contributed by atoms with Gasteiger partial charge in [0.25, 0.3) is 0 Å². The van der Waals surface area contributed by atoms with E-state index in [9.17, 15) is 4.79 Å². The van der Waals surface area contributed by atoms with Crippen LogP contribution in [0.25, 0.3) is 0 Å². The smallest absolute Gasteiger partial charge is 0.221 e. The zero-order valence-electron chi connectivity index (χ0n) is 18.7. The number of hydrogen-bond acceptors (Lipinski definition) is 4. The maximum Gasteiger partial charge on any atom is 0.221 e. The Balaban J connectivity index is 1.50. The van der Waals surface area contributed by atoms with E-state index in [1.165, 1.54) is 44.0 Å². The fourth-order valence-corrected chi connectivity index (χ4v) is 3.71. The maximum absolute atomic E-state index is 11.4. The third-order valence-corrected chi connectivity index (χ3v) is 5.35. The van der Waals surface area contributed by atoms with Crippen molar-refractivity contribution in [2.75, 3.05) is 32.6 Å². The van der Waals surface area contributed by atoms with E-state index in [1.54, 1.807) is 14.2 Å². The van der Waals surface area contributed by atoms with Crippen LogP contribution in [0, 0.1) is 0 Å². The number of benzene rings is 2. The first-order chi connectivity index (χ1) is 15.1. The Morgan fingerprint density at radius 1 is 1.00 bits per heavy atom. The van der Waals surface area contributed by atoms with E-state index >= 15 is 0 Å². The number of carbonyl (C=O) groups is 1. The molecule has 1 amide bonds. The summed E-state index contributed by atoms with van der Waals surface area (Å²) in [6, 6.07) is 14.5. The van der Waals surface area contributed by atoms with Crippen LogP contribution in [-0.4, -0.2) is 44.0 Å². The number of aliphatic imine (C=N–C) groups is 1. The number of carbonyl (C=O) groups excluding carboxylic acids is 1. The van der Waals surface area contributed by atoms with Crippen LogP contribution in [0.4, 0.5) is 5.69 Å².